The maximum Gasteiger partial charge on any atom is 0.111 e. The number of hydrogen-bond donors (Lipinski definition) is 1. The first-order valence-corrected chi connectivity index (χ1v) is 5.56. The Kier molecular flexibility index (Phi) is 3.38. The number of halogens is 2. The van der Waals surface area contributed by atoms with Crippen LogP contribution in [0.25, 0.3) is 0 Å². The number of ether oxygens (including phenoxy) is 1. The number of hydrogen-bond acceptors (Lipinski definition) is 3. The van der Waals surface area contributed by atoms with Gasteiger partial charge in [0, 0.05) is 18.3 Å². The van der Waals surface area contributed by atoms with Crippen LogP contribution in [0.2, 0.25) is 5.02 Å². The summed E-state index contributed by atoms with van der Waals surface area (Å²) >= 11 is 9.28. The van der Waals surface area contributed by atoms with Gasteiger partial charge in [-0.1, -0.05) is 11.6 Å². The fourth-order valence-electron chi connectivity index (χ4n) is 1.45. The molecular formula is C9H10BrClN2O. The Bertz CT molecular complexity index is 329. The molecule has 0 spiro atoms. The van der Waals surface area contributed by atoms with Gasteiger partial charge >= 0.3 is 0 Å². The van der Waals surface area contributed by atoms with Gasteiger partial charge in [0.2, 0.25) is 0 Å². The van der Waals surface area contributed by atoms with Gasteiger partial charge in [0.15, 0.2) is 0 Å². The van der Waals surface area contributed by atoms with Crippen molar-refractivity contribution in [2.75, 3.05) is 19.8 Å². The van der Waals surface area contributed by atoms with E-state index in [9.17, 15) is 0 Å². The Hall–Kier alpha value is -0.160. The van der Waals surface area contributed by atoms with Crippen LogP contribution in [-0.4, -0.2) is 24.7 Å². The highest BCUT2D eigenvalue weighted by molar-refractivity contribution is 9.10. The molecule has 3 nitrogen and oxygen atoms in total. The first-order chi connectivity index (χ1) is 6.77. The first-order valence-electron chi connectivity index (χ1n) is 4.39. The third-order valence-corrected chi connectivity index (χ3v) is 3.00. The van der Waals surface area contributed by atoms with E-state index in [2.05, 4.69) is 26.2 Å². The summed E-state index contributed by atoms with van der Waals surface area (Å²) in [6.07, 6.45) is 1.62. The SMILES string of the molecule is Clc1cnc(Br)c([C@H]2COCCN2)c1. The number of nitrogens with one attached hydrogen (secondary N) is 1. The van der Waals surface area contributed by atoms with Crippen LogP contribution in [0.15, 0.2) is 16.9 Å². The predicted octanol–water partition coefficient (Wildman–Crippen LogP) is 2.16. The molecule has 2 rings (SSSR count). The molecule has 1 saturated heterocycles. The maximum absolute atomic E-state index is 5.88. The highest BCUT2D eigenvalue weighted by Gasteiger charge is 2.18. The van der Waals surface area contributed by atoms with E-state index in [0.717, 1.165) is 23.3 Å². The van der Waals surface area contributed by atoms with Crippen LogP contribution in [0.4, 0.5) is 0 Å². The van der Waals surface area contributed by atoms with Crippen LogP contribution in [0, 0.1) is 0 Å². The number of morpholine rings is 1. The zero-order chi connectivity index (χ0) is 9.97. The van der Waals surface area contributed by atoms with Crippen LogP contribution in [0.5, 0.6) is 0 Å². The molecule has 2 heterocycles. The molecule has 1 aliphatic rings. The lowest BCUT2D eigenvalue weighted by molar-refractivity contribution is 0.0765. The normalized spacial score (nSPS) is 22.3. The molecule has 0 amide bonds. The molecule has 1 aromatic heterocycles. The van der Waals surface area contributed by atoms with E-state index in [-0.39, 0.29) is 6.04 Å². The Morgan fingerprint density at radius 3 is 3.21 bits per heavy atom. The molecule has 0 radical (unpaired) electrons. The van der Waals surface area contributed by atoms with E-state index < -0.39 is 0 Å². The van der Waals surface area contributed by atoms with E-state index in [1.54, 1.807) is 6.20 Å². The smallest absolute Gasteiger partial charge is 0.111 e. The highest BCUT2D eigenvalue weighted by atomic mass is 79.9. The van der Waals surface area contributed by atoms with Crippen molar-refractivity contribution in [2.45, 2.75) is 6.04 Å². The number of nitrogens with zero attached hydrogens (tertiary/aromatic N) is 1. The standard InChI is InChI=1S/C9H10BrClN2O/c10-9-7(3-6(11)4-13-9)8-5-14-2-1-12-8/h3-4,8,12H,1-2,5H2/t8-/m1/s1. The van der Waals surface area contributed by atoms with E-state index in [4.69, 9.17) is 16.3 Å². The quantitative estimate of drug-likeness (QED) is 0.799. The summed E-state index contributed by atoms with van der Waals surface area (Å²) < 4.78 is 6.20. The number of aromatic nitrogens is 1. The fraction of sp³-hybridized carbons (Fsp3) is 0.444. The summed E-state index contributed by atoms with van der Waals surface area (Å²) in [5.74, 6) is 0. The zero-order valence-corrected chi connectivity index (χ0v) is 9.81. The van der Waals surface area contributed by atoms with E-state index in [1.165, 1.54) is 0 Å². The summed E-state index contributed by atoms with van der Waals surface area (Å²) in [6, 6.07) is 2.09. The van der Waals surface area contributed by atoms with Crippen molar-refractivity contribution < 1.29 is 4.74 Å². The van der Waals surface area contributed by atoms with Crippen molar-refractivity contribution in [3.8, 4) is 0 Å². The molecule has 76 valence electrons. The number of pyridine rings is 1. The molecule has 0 saturated carbocycles. The third-order valence-electron chi connectivity index (χ3n) is 2.13. The lowest BCUT2D eigenvalue weighted by atomic mass is 10.1. The van der Waals surface area contributed by atoms with Gasteiger partial charge in [-0.3, -0.25) is 0 Å². The first kappa shape index (κ1) is 10.4. The minimum Gasteiger partial charge on any atom is -0.378 e. The molecule has 1 fully saturated rings. The Balaban J connectivity index is 2.24. The van der Waals surface area contributed by atoms with Crippen LogP contribution in [-0.2, 0) is 4.74 Å². The molecule has 0 aromatic carbocycles. The summed E-state index contributed by atoms with van der Waals surface area (Å²) in [5.41, 5.74) is 1.05. The molecule has 14 heavy (non-hydrogen) atoms. The van der Waals surface area contributed by atoms with Crippen molar-refractivity contribution in [1.29, 1.82) is 0 Å². The Labute approximate surface area is 95.9 Å². The lowest BCUT2D eigenvalue weighted by Crippen LogP contribution is -2.34. The zero-order valence-electron chi connectivity index (χ0n) is 7.46. The van der Waals surface area contributed by atoms with Gasteiger partial charge in [-0.25, -0.2) is 4.98 Å². The monoisotopic (exact) mass is 276 g/mol. The van der Waals surface area contributed by atoms with Crippen LogP contribution in [0.3, 0.4) is 0 Å². The van der Waals surface area contributed by atoms with Crippen LogP contribution < -0.4 is 5.32 Å². The fourth-order valence-corrected chi connectivity index (χ4v) is 2.11. The summed E-state index contributed by atoms with van der Waals surface area (Å²) in [6.45, 7) is 2.30. The van der Waals surface area contributed by atoms with Gasteiger partial charge in [-0.2, -0.15) is 0 Å². The van der Waals surface area contributed by atoms with E-state index >= 15 is 0 Å². The molecule has 1 N–H and O–H groups in total. The van der Waals surface area contributed by atoms with Crippen molar-refractivity contribution in [1.82, 2.24) is 10.3 Å². The molecule has 0 unspecified atom stereocenters. The summed E-state index contributed by atoms with van der Waals surface area (Å²) in [5, 5.41) is 4.00. The van der Waals surface area contributed by atoms with E-state index in [1.807, 2.05) is 6.07 Å². The largest absolute Gasteiger partial charge is 0.378 e. The van der Waals surface area contributed by atoms with Gasteiger partial charge in [0.1, 0.15) is 4.60 Å². The van der Waals surface area contributed by atoms with Crippen LogP contribution >= 0.6 is 27.5 Å². The van der Waals surface area contributed by atoms with Crippen molar-refractivity contribution in [3.05, 3.63) is 27.5 Å². The lowest BCUT2D eigenvalue weighted by Gasteiger charge is -2.24. The summed E-state index contributed by atoms with van der Waals surface area (Å²) in [7, 11) is 0. The molecule has 1 atom stereocenters. The van der Waals surface area contributed by atoms with Gasteiger partial charge in [-0.05, 0) is 22.0 Å². The molecule has 1 aromatic rings. The topological polar surface area (TPSA) is 34.1 Å². The van der Waals surface area contributed by atoms with Gasteiger partial charge < -0.3 is 10.1 Å². The minimum absolute atomic E-state index is 0.185. The third kappa shape index (κ3) is 2.25. The number of rotatable bonds is 1. The second-order valence-electron chi connectivity index (χ2n) is 3.12. The molecule has 0 aliphatic carbocycles. The van der Waals surface area contributed by atoms with Crippen molar-refractivity contribution in [2.24, 2.45) is 0 Å². The predicted molar refractivity (Wildman–Crippen MR) is 58.5 cm³/mol. The van der Waals surface area contributed by atoms with Crippen molar-refractivity contribution in [3.63, 3.8) is 0 Å². The average molecular weight is 278 g/mol. The Morgan fingerprint density at radius 1 is 1.64 bits per heavy atom. The molecular weight excluding hydrogens is 267 g/mol. The Morgan fingerprint density at radius 2 is 2.50 bits per heavy atom. The van der Waals surface area contributed by atoms with Crippen molar-refractivity contribution >= 4 is 27.5 Å². The van der Waals surface area contributed by atoms with Crippen LogP contribution in [0.1, 0.15) is 11.6 Å². The minimum atomic E-state index is 0.185. The maximum atomic E-state index is 5.88. The molecule has 1 aliphatic heterocycles. The average Bonchev–Trinajstić information content (AvgIpc) is 2.23. The van der Waals surface area contributed by atoms with Gasteiger partial charge in [0.25, 0.3) is 0 Å². The summed E-state index contributed by atoms with van der Waals surface area (Å²) in [4.78, 5) is 4.14. The van der Waals surface area contributed by atoms with E-state index in [0.29, 0.717) is 11.6 Å². The second kappa shape index (κ2) is 4.57. The molecule has 0 bridgehead atoms. The second-order valence-corrected chi connectivity index (χ2v) is 4.30. The highest BCUT2D eigenvalue weighted by Crippen LogP contribution is 2.25. The van der Waals surface area contributed by atoms with Gasteiger partial charge in [0.05, 0.1) is 24.3 Å². The van der Waals surface area contributed by atoms with Gasteiger partial charge in [-0.15, -0.1) is 0 Å². The molecule has 5 heteroatoms.